The Labute approximate surface area is 91.5 Å². The van der Waals surface area contributed by atoms with Gasteiger partial charge in [-0.2, -0.15) is 5.10 Å². The molecule has 0 spiro atoms. The van der Waals surface area contributed by atoms with E-state index in [0.717, 1.165) is 18.2 Å². The van der Waals surface area contributed by atoms with E-state index in [0.29, 0.717) is 5.56 Å². The highest BCUT2D eigenvalue weighted by molar-refractivity contribution is 5.30. The molecule has 1 atom stereocenters. The first-order valence-electron chi connectivity index (χ1n) is 4.77. The number of hydrogen-bond donors (Lipinski definition) is 1. The molecular weight excluding hydrogens is 212 g/mol. The zero-order valence-corrected chi connectivity index (χ0v) is 8.69. The number of aromatic nitrogens is 2. The first kappa shape index (κ1) is 10.8. The van der Waals surface area contributed by atoms with Crippen LogP contribution in [-0.4, -0.2) is 9.78 Å². The number of aryl methyl sites for hydroxylation is 1. The van der Waals surface area contributed by atoms with Crippen LogP contribution >= 0.6 is 0 Å². The second kappa shape index (κ2) is 4.02. The summed E-state index contributed by atoms with van der Waals surface area (Å²) < 4.78 is 28.0. The van der Waals surface area contributed by atoms with Gasteiger partial charge in [-0.15, -0.1) is 0 Å². The fourth-order valence-corrected chi connectivity index (χ4v) is 1.53. The molecule has 3 nitrogen and oxygen atoms in total. The van der Waals surface area contributed by atoms with Gasteiger partial charge < -0.3 is 5.73 Å². The first-order chi connectivity index (χ1) is 7.58. The summed E-state index contributed by atoms with van der Waals surface area (Å²) in [7, 11) is 1.73. The summed E-state index contributed by atoms with van der Waals surface area (Å²) in [6.45, 7) is 0. The van der Waals surface area contributed by atoms with E-state index >= 15 is 0 Å². The quantitative estimate of drug-likeness (QED) is 0.842. The van der Waals surface area contributed by atoms with E-state index in [1.165, 1.54) is 6.20 Å². The maximum absolute atomic E-state index is 13.4. The Balaban J connectivity index is 2.40. The van der Waals surface area contributed by atoms with Crippen LogP contribution in [0.25, 0.3) is 0 Å². The number of halogens is 2. The van der Waals surface area contributed by atoms with Crippen molar-refractivity contribution in [3.8, 4) is 0 Å². The van der Waals surface area contributed by atoms with E-state index in [4.69, 9.17) is 5.73 Å². The van der Waals surface area contributed by atoms with Crippen molar-refractivity contribution < 1.29 is 8.78 Å². The molecule has 2 N–H and O–H groups in total. The predicted octanol–water partition coefficient (Wildman–Crippen LogP) is 1.75. The summed E-state index contributed by atoms with van der Waals surface area (Å²) in [5.74, 6) is -1.02. The normalized spacial score (nSPS) is 12.8. The van der Waals surface area contributed by atoms with Gasteiger partial charge in [0.15, 0.2) is 0 Å². The van der Waals surface area contributed by atoms with E-state index in [2.05, 4.69) is 5.10 Å². The average Bonchev–Trinajstić information content (AvgIpc) is 2.67. The number of nitrogens with zero attached hydrogens (tertiary/aromatic N) is 2. The Bertz CT molecular complexity index is 508. The highest BCUT2D eigenvalue weighted by Gasteiger charge is 2.15. The van der Waals surface area contributed by atoms with Crippen molar-refractivity contribution in [1.82, 2.24) is 9.78 Å². The van der Waals surface area contributed by atoms with E-state index in [1.54, 1.807) is 17.9 Å². The van der Waals surface area contributed by atoms with Gasteiger partial charge in [0.25, 0.3) is 0 Å². The lowest BCUT2D eigenvalue weighted by atomic mass is 10.0. The standard InChI is InChI=1S/C11H11F2N3/c1-16-6-7(5-15-16)11(14)9-4-8(12)2-3-10(9)13/h2-6,11H,14H2,1H3. The lowest BCUT2D eigenvalue weighted by Crippen LogP contribution is -2.13. The maximum Gasteiger partial charge on any atom is 0.128 e. The van der Waals surface area contributed by atoms with Crippen LogP contribution < -0.4 is 5.73 Å². The van der Waals surface area contributed by atoms with Crippen LogP contribution in [0.3, 0.4) is 0 Å². The fraction of sp³-hybridized carbons (Fsp3) is 0.182. The Kier molecular flexibility index (Phi) is 2.70. The Morgan fingerprint density at radius 2 is 2.12 bits per heavy atom. The second-order valence-corrected chi connectivity index (χ2v) is 3.59. The summed E-state index contributed by atoms with van der Waals surface area (Å²) in [6, 6.07) is 2.53. The van der Waals surface area contributed by atoms with Gasteiger partial charge in [-0.1, -0.05) is 0 Å². The van der Waals surface area contributed by atoms with E-state index in [1.807, 2.05) is 0 Å². The molecule has 0 aliphatic rings. The molecule has 16 heavy (non-hydrogen) atoms. The minimum Gasteiger partial charge on any atom is -0.320 e. The highest BCUT2D eigenvalue weighted by atomic mass is 19.1. The van der Waals surface area contributed by atoms with Crippen molar-refractivity contribution in [2.24, 2.45) is 12.8 Å². The molecule has 84 valence electrons. The first-order valence-corrected chi connectivity index (χ1v) is 4.77. The molecule has 1 aromatic heterocycles. The third kappa shape index (κ3) is 1.94. The van der Waals surface area contributed by atoms with Crippen LogP contribution in [0.5, 0.6) is 0 Å². The molecule has 1 unspecified atom stereocenters. The molecule has 0 amide bonds. The van der Waals surface area contributed by atoms with E-state index < -0.39 is 17.7 Å². The van der Waals surface area contributed by atoms with Crippen LogP contribution in [0.2, 0.25) is 0 Å². The SMILES string of the molecule is Cn1cc(C(N)c2cc(F)ccc2F)cn1. The molecule has 2 aromatic rings. The summed E-state index contributed by atoms with van der Waals surface area (Å²) in [5, 5.41) is 3.94. The zero-order valence-electron chi connectivity index (χ0n) is 8.69. The third-order valence-corrected chi connectivity index (χ3v) is 2.38. The molecule has 0 fully saturated rings. The van der Waals surface area contributed by atoms with Crippen LogP contribution in [0.15, 0.2) is 30.6 Å². The van der Waals surface area contributed by atoms with E-state index in [9.17, 15) is 8.78 Å². The summed E-state index contributed by atoms with van der Waals surface area (Å²) >= 11 is 0. The van der Waals surface area contributed by atoms with Crippen molar-refractivity contribution in [3.63, 3.8) is 0 Å². The number of benzene rings is 1. The predicted molar refractivity (Wildman–Crippen MR) is 55.6 cm³/mol. The number of hydrogen-bond acceptors (Lipinski definition) is 2. The maximum atomic E-state index is 13.4. The topological polar surface area (TPSA) is 43.8 Å². The van der Waals surface area contributed by atoms with Crippen molar-refractivity contribution in [3.05, 3.63) is 53.4 Å². The molecule has 0 saturated carbocycles. The smallest absolute Gasteiger partial charge is 0.128 e. The van der Waals surface area contributed by atoms with Crippen molar-refractivity contribution in [2.45, 2.75) is 6.04 Å². The van der Waals surface area contributed by atoms with Gasteiger partial charge in [-0.05, 0) is 18.2 Å². The lowest BCUT2D eigenvalue weighted by molar-refractivity contribution is 0.576. The summed E-state index contributed by atoms with van der Waals surface area (Å²) in [4.78, 5) is 0. The van der Waals surface area contributed by atoms with Crippen LogP contribution in [-0.2, 0) is 7.05 Å². The zero-order chi connectivity index (χ0) is 11.7. The van der Waals surface area contributed by atoms with Gasteiger partial charge in [0, 0.05) is 24.4 Å². The molecule has 0 aliphatic carbocycles. The Morgan fingerprint density at radius 1 is 1.38 bits per heavy atom. The van der Waals surface area contributed by atoms with Crippen LogP contribution in [0.1, 0.15) is 17.2 Å². The summed E-state index contributed by atoms with van der Waals surface area (Å²) in [6.07, 6.45) is 3.21. The minimum absolute atomic E-state index is 0.132. The van der Waals surface area contributed by atoms with Gasteiger partial charge in [0.2, 0.25) is 0 Å². The Hall–Kier alpha value is -1.75. The van der Waals surface area contributed by atoms with Gasteiger partial charge in [0.05, 0.1) is 12.2 Å². The fourth-order valence-electron chi connectivity index (χ4n) is 1.53. The van der Waals surface area contributed by atoms with Gasteiger partial charge in [0.1, 0.15) is 11.6 Å². The molecule has 0 bridgehead atoms. The average molecular weight is 223 g/mol. The Morgan fingerprint density at radius 3 is 2.75 bits per heavy atom. The monoisotopic (exact) mass is 223 g/mol. The van der Waals surface area contributed by atoms with Crippen LogP contribution in [0.4, 0.5) is 8.78 Å². The van der Waals surface area contributed by atoms with Gasteiger partial charge in [-0.3, -0.25) is 4.68 Å². The van der Waals surface area contributed by atoms with Crippen molar-refractivity contribution in [1.29, 1.82) is 0 Å². The lowest BCUT2D eigenvalue weighted by Gasteiger charge is -2.10. The second-order valence-electron chi connectivity index (χ2n) is 3.59. The molecular formula is C11H11F2N3. The minimum atomic E-state index is -0.704. The molecule has 5 heteroatoms. The molecule has 0 radical (unpaired) electrons. The molecule has 1 heterocycles. The highest BCUT2D eigenvalue weighted by Crippen LogP contribution is 2.22. The number of nitrogens with two attached hydrogens (primary N) is 1. The van der Waals surface area contributed by atoms with Crippen molar-refractivity contribution in [2.75, 3.05) is 0 Å². The van der Waals surface area contributed by atoms with Crippen molar-refractivity contribution >= 4 is 0 Å². The van der Waals surface area contributed by atoms with Gasteiger partial charge in [-0.25, -0.2) is 8.78 Å². The largest absolute Gasteiger partial charge is 0.320 e. The molecule has 1 aromatic carbocycles. The number of rotatable bonds is 2. The molecule has 2 rings (SSSR count). The third-order valence-electron chi connectivity index (χ3n) is 2.38. The van der Waals surface area contributed by atoms with E-state index in [-0.39, 0.29) is 5.56 Å². The summed E-state index contributed by atoms with van der Waals surface area (Å²) in [5.41, 5.74) is 6.62. The molecule has 0 aliphatic heterocycles. The van der Waals surface area contributed by atoms with Crippen LogP contribution in [0, 0.1) is 11.6 Å². The van der Waals surface area contributed by atoms with Gasteiger partial charge >= 0.3 is 0 Å². The molecule has 0 saturated heterocycles.